The standard InChI is InChI=1S/C7H16OS/c1-6(2)7(3)9(4,5)8/h6-7H,4H2,1-3,5H3. The normalized spacial score (nSPS) is 21.4. The fourth-order valence-electron chi connectivity index (χ4n) is 0.576. The van der Waals surface area contributed by atoms with E-state index in [0.717, 1.165) is 0 Å². The van der Waals surface area contributed by atoms with Gasteiger partial charge in [0, 0.05) is 11.5 Å². The molecule has 0 amide bonds. The summed E-state index contributed by atoms with van der Waals surface area (Å²) in [5.41, 5.74) is 0. The van der Waals surface area contributed by atoms with E-state index in [1.54, 1.807) is 6.26 Å². The molecule has 0 aliphatic heterocycles. The maximum atomic E-state index is 11.2. The topological polar surface area (TPSA) is 17.1 Å². The lowest BCUT2D eigenvalue weighted by molar-refractivity contribution is 0.607. The molecular formula is C7H16OS. The zero-order valence-electron chi connectivity index (χ0n) is 6.68. The molecule has 0 aliphatic carbocycles. The van der Waals surface area contributed by atoms with E-state index in [4.69, 9.17) is 0 Å². The van der Waals surface area contributed by atoms with Gasteiger partial charge in [0.15, 0.2) is 0 Å². The Kier molecular flexibility index (Phi) is 2.74. The molecule has 9 heavy (non-hydrogen) atoms. The van der Waals surface area contributed by atoms with Gasteiger partial charge < -0.3 is 0 Å². The van der Waals surface area contributed by atoms with Gasteiger partial charge in [-0.15, -0.1) is 0 Å². The van der Waals surface area contributed by atoms with E-state index in [1.807, 2.05) is 6.92 Å². The smallest absolute Gasteiger partial charge is 0.0264 e. The Balaban J connectivity index is 4.24. The Morgan fingerprint density at radius 1 is 1.33 bits per heavy atom. The molecule has 0 heterocycles. The Labute approximate surface area is 58.5 Å². The molecule has 2 atom stereocenters. The quantitative estimate of drug-likeness (QED) is 0.541. The van der Waals surface area contributed by atoms with Crippen molar-refractivity contribution in [3.63, 3.8) is 0 Å². The van der Waals surface area contributed by atoms with Crippen LogP contribution in [0.1, 0.15) is 20.8 Å². The highest BCUT2D eigenvalue weighted by Gasteiger charge is 2.12. The third-order valence-electron chi connectivity index (χ3n) is 1.73. The average Bonchev–Trinajstić information content (AvgIpc) is 1.62. The van der Waals surface area contributed by atoms with Crippen molar-refractivity contribution in [2.24, 2.45) is 5.92 Å². The molecule has 0 spiro atoms. The zero-order chi connectivity index (χ0) is 7.65. The Morgan fingerprint density at radius 2 is 1.67 bits per heavy atom. The summed E-state index contributed by atoms with van der Waals surface area (Å²) in [6.07, 6.45) is 1.72. The van der Waals surface area contributed by atoms with E-state index >= 15 is 0 Å². The van der Waals surface area contributed by atoms with Crippen LogP contribution >= 0.6 is 0 Å². The summed E-state index contributed by atoms with van der Waals surface area (Å²) in [7, 11) is -1.80. The second-order valence-corrected chi connectivity index (χ2v) is 5.91. The molecular weight excluding hydrogens is 132 g/mol. The van der Waals surface area contributed by atoms with Gasteiger partial charge in [0.2, 0.25) is 0 Å². The second-order valence-electron chi connectivity index (χ2n) is 3.02. The SMILES string of the molecule is C=S(C)(=O)C(C)C(C)C. The van der Waals surface area contributed by atoms with Gasteiger partial charge >= 0.3 is 0 Å². The average molecular weight is 148 g/mol. The van der Waals surface area contributed by atoms with Crippen molar-refractivity contribution in [1.82, 2.24) is 0 Å². The van der Waals surface area contributed by atoms with Crippen LogP contribution in [-0.4, -0.2) is 21.6 Å². The molecule has 0 fully saturated rings. The molecule has 0 aromatic heterocycles. The minimum absolute atomic E-state index is 0.234. The van der Waals surface area contributed by atoms with Crippen LogP contribution in [0.15, 0.2) is 0 Å². The minimum Gasteiger partial charge on any atom is -0.268 e. The highest BCUT2D eigenvalue weighted by atomic mass is 32.2. The third kappa shape index (κ3) is 2.89. The number of rotatable bonds is 2. The Bertz CT molecular complexity index is 165. The molecule has 0 aliphatic rings. The van der Waals surface area contributed by atoms with Gasteiger partial charge in [0.1, 0.15) is 0 Å². The number of hydrogen-bond donors (Lipinski definition) is 0. The molecule has 0 radical (unpaired) electrons. The van der Waals surface area contributed by atoms with Crippen LogP contribution in [0, 0.1) is 5.92 Å². The first kappa shape index (κ1) is 9.02. The fourth-order valence-corrected chi connectivity index (χ4v) is 1.73. The first-order valence-electron chi connectivity index (χ1n) is 3.16. The van der Waals surface area contributed by atoms with Crippen LogP contribution in [-0.2, 0) is 9.52 Å². The molecule has 0 bridgehead atoms. The van der Waals surface area contributed by atoms with Gasteiger partial charge in [-0.05, 0) is 21.3 Å². The highest BCUT2D eigenvalue weighted by Crippen LogP contribution is 2.08. The van der Waals surface area contributed by atoms with E-state index in [-0.39, 0.29) is 5.25 Å². The van der Waals surface area contributed by atoms with Crippen LogP contribution in [0.2, 0.25) is 0 Å². The van der Waals surface area contributed by atoms with Crippen molar-refractivity contribution in [3.8, 4) is 0 Å². The third-order valence-corrected chi connectivity index (χ3v) is 3.84. The predicted molar refractivity (Wildman–Crippen MR) is 45.5 cm³/mol. The molecule has 2 unspecified atom stereocenters. The number of hydrogen-bond acceptors (Lipinski definition) is 1. The summed E-state index contributed by atoms with van der Waals surface area (Å²) < 4.78 is 11.2. The molecule has 0 aromatic rings. The van der Waals surface area contributed by atoms with E-state index < -0.39 is 9.52 Å². The second kappa shape index (κ2) is 2.74. The van der Waals surface area contributed by atoms with Gasteiger partial charge in [0.05, 0.1) is 0 Å². The van der Waals surface area contributed by atoms with Crippen LogP contribution in [0.3, 0.4) is 0 Å². The molecule has 1 nitrogen and oxygen atoms in total. The van der Waals surface area contributed by atoms with E-state index in [2.05, 4.69) is 19.7 Å². The summed E-state index contributed by atoms with van der Waals surface area (Å²) in [6.45, 7) is 6.12. The Hall–Kier alpha value is 0.0200. The first-order valence-corrected chi connectivity index (χ1v) is 5.36. The highest BCUT2D eigenvalue weighted by molar-refractivity contribution is 8.00. The van der Waals surface area contributed by atoms with E-state index in [0.29, 0.717) is 5.92 Å². The molecule has 0 aromatic carbocycles. The van der Waals surface area contributed by atoms with Crippen LogP contribution in [0.4, 0.5) is 0 Å². The zero-order valence-corrected chi connectivity index (χ0v) is 7.49. The summed E-state index contributed by atoms with van der Waals surface area (Å²) in [5.74, 6) is 4.09. The van der Waals surface area contributed by atoms with Gasteiger partial charge in [-0.1, -0.05) is 20.8 Å². The largest absolute Gasteiger partial charge is 0.268 e. The molecule has 0 saturated carbocycles. The molecule has 56 valence electrons. The predicted octanol–water partition coefficient (Wildman–Crippen LogP) is 1.38. The summed E-state index contributed by atoms with van der Waals surface area (Å²) in [5, 5.41) is 0.234. The lowest BCUT2D eigenvalue weighted by Gasteiger charge is -2.16. The minimum atomic E-state index is -1.80. The van der Waals surface area contributed by atoms with E-state index in [9.17, 15) is 4.21 Å². The fraction of sp³-hybridized carbons (Fsp3) is 0.857. The maximum absolute atomic E-state index is 11.2. The van der Waals surface area contributed by atoms with Gasteiger partial charge in [-0.3, -0.25) is 4.21 Å². The van der Waals surface area contributed by atoms with Gasteiger partial charge in [0.25, 0.3) is 0 Å². The van der Waals surface area contributed by atoms with Crippen molar-refractivity contribution in [3.05, 3.63) is 0 Å². The lowest BCUT2D eigenvalue weighted by Crippen LogP contribution is -2.21. The molecule has 2 heteroatoms. The summed E-state index contributed by atoms with van der Waals surface area (Å²) >= 11 is 0. The molecule has 0 N–H and O–H groups in total. The Morgan fingerprint density at radius 3 is 1.67 bits per heavy atom. The van der Waals surface area contributed by atoms with E-state index in [1.165, 1.54) is 0 Å². The van der Waals surface area contributed by atoms with Crippen molar-refractivity contribution >= 4 is 15.4 Å². The van der Waals surface area contributed by atoms with Gasteiger partial charge in [-0.2, -0.15) is 0 Å². The van der Waals surface area contributed by atoms with Crippen molar-refractivity contribution < 1.29 is 4.21 Å². The van der Waals surface area contributed by atoms with Crippen LogP contribution in [0.5, 0.6) is 0 Å². The maximum Gasteiger partial charge on any atom is 0.0264 e. The van der Waals surface area contributed by atoms with Gasteiger partial charge in [-0.25, -0.2) is 0 Å². The summed E-state index contributed by atoms with van der Waals surface area (Å²) in [6, 6.07) is 0. The van der Waals surface area contributed by atoms with Crippen molar-refractivity contribution in [2.45, 2.75) is 26.0 Å². The van der Waals surface area contributed by atoms with Crippen LogP contribution < -0.4 is 0 Å². The molecule has 0 rings (SSSR count). The van der Waals surface area contributed by atoms with Crippen LogP contribution in [0.25, 0.3) is 0 Å². The van der Waals surface area contributed by atoms with Crippen molar-refractivity contribution in [2.75, 3.05) is 6.26 Å². The summed E-state index contributed by atoms with van der Waals surface area (Å²) in [4.78, 5) is 0. The monoisotopic (exact) mass is 148 g/mol. The molecule has 0 saturated heterocycles. The van der Waals surface area contributed by atoms with Crippen molar-refractivity contribution in [1.29, 1.82) is 0 Å². The first-order chi connectivity index (χ1) is 3.85. The lowest BCUT2D eigenvalue weighted by atomic mass is 10.2.